The number of aliphatic hydroxyl groups is 2. The van der Waals surface area contributed by atoms with Crippen molar-refractivity contribution in [1.29, 1.82) is 0 Å². The molecule has 0 aliphatic carbocycles. The Labute approximate surface area is 256 Å². The smallest absolute Gasteiger partial charge is 0.329 e. The third-order valence-corrected chi connectivity index (χ3v) is 8.29. The molecule has 1 saturated heterocycles. The average Bonchev–Trinajstić information content (AvgIpc) is 3.38. The summed E-state index contributed by atoms with van der Waals surface area (Å²) >= 11 is 0. The minimum atomic E-state index is -2.53. The average molecular weight is 624 g/mol. The number of carbonyl (C=O) groups is 1. The number of nitrogen functional groups attached to an aromatic ring is 1. The fraction of sp³-hybridized carbons (Fsp3) is 0.355. The molecule has 2 heterocycles. The molecule has 7 N–H and O–H groups in total. The van der Waals surface area contributed by atoms with E-state index in [1.54, 1.807) is 9.80 Å². The van der Waals surface area contributed by atoms with E-state index in [1.165, 1.54) is 0 Å². The Morgan fingerprint density at radius 3 is 2.09 bits per heavy atom. The van der Waals surface area contributed by atoms with Gasteiger partial charge in [-0.05, 0) is 48.1 Å². The number of amides is 2. The Hall–Kier alpha value is -3.61. The van der Waals surface area contributed by atoms with Crippen molar-refractivity contribution in [2.45, 2.75) is 50.1 Å². The Morgan fingerprint density at radius 2 is 1.48 bits per heavy atom. The number of nitrogens with zero attached hydrogens (tertiary/aromatic N) is 3. The molecule has 4 atom stereocenters. The Balaban J connectivity index is 1.48. The maximum atomic E-state index is 14.6. The van der Waals surface area contributed by atoms with Crippen molar-refractivity contribution in [2.24, 2.45) is 0 Å². The summed E-state index contributed by atoms with van der Waals surface area (Å²) in [6.45, 7) is 0.255. The van der Waals surface area contributed by atoms with Crippen LogP contribution in [0.5, 0.6) is 0 Å². The molecule has 0 spiro atoms. The van der Waals surface area contributed by atoms with Crippen molar-refractivity contribution >= 4 is 31.4 Å². The molecule has 13 heteroatoms. The number of urea groups is 1. The van der Waals surface area contributed by atoms with Crippen molar-refractivity contribution in [3.8, 4) is 0 Å². The van der Waals surface area contributed by atoms with Gasteiger partial charge in [-0.1, -0.05) is 66.7 Å². The zero-order valence-corrected chi connectivity index (χ0v) is 25.0. The summed E-state index contributed by atoms with van der Waals surface area (Å²) in [7, 11) is -2.53. The van der Waals surface area contributed by atoms with Crippen LogP contribution in [-0.4, -0.2) is 90.3 Å². The molecule has 0 bridgehead atoms. The van der Waals surface area contributed by atoms with Gasteiger partial charge >= 0.3 is 14.6 Å². The molecule has 4 aromatic rings. The first-order valence-electron chi connectivity index (χ1n) is 14.4. The summed E-state index contributed by atoms with van der Waals surface area (Å²) in [5.41, 5.74) is 9.47. The maximum Gasteiger partial charge on any atom is 0.329 e. The molecule has 1 aliphatic heterocycles. The summed E-state index contributed by atoms with van der Waals surface area (Å²) in [5.74, 6) is 0.351. The highest BCUT2D eigenvalue weighted by molar-refractivity contribution is 7.39. The third kappa shape index (κ3) is 7.72. The van der Waals surface area contributed by atoms with E-state index in [2.05, 4.69) is 14.7 Å². The Bertz CT molecular complexity index is 1490. The lowest BCUT2D eigenvalue weighted by Gasteiger charge is -2.35. The van der Waals surface area contributed by atoms with Crippen molar-refractivity contribution in [3.05, 3.63) is 95.6 Å². The lowest BCUT2D eigenvalue weighted by atomic mass is 9.91. The van der Waals surface area contributed by atoms with Gasteiger partial charge in [-0.3, -0.25) is 9.62 Å². The molecule has 44 heavy (non-hydrogen) atoms. The number of aliphatic hydroxyl groups excluding tert-OH is 2. The van der Waals surface area contributed by atoms with Gasteiger partial charge in [0, 0.05) is 18.5 Å². The van der Waals surface area contributed by atoms with Gasteiger partial charge in [0.15, 0.2) is 12.6 Å². The molecule has 3 aromatic carbocycles. The van der Waals surface area contributed by atoms with E-state index in [4.69, 9.17) is 20.3 Å². The number of hydrogen-bond donors (Lipinski definition) is 6. The van der Waals surface area contributed by atoms with Gasteiger partial charge in [0.2, 0.25) is 0 Å². The highest BCUT2D eigenvalue weighted by atomic mass is 31.2. The van der Waals surface area contributed by atoms with Crippen LogP contribution in [0.25, 0.3) is 10.9 Å². The predicted molar refractivity (Wildman–Crippen MR) is 166 cm³/mol. The number of fused-ring (bicyclic) bond motifs is 1. The highest BCUT2D eigenvalue weighted by Crippen LogP contribution is 2.30. The lowest BCUT2D eigenvalue weighted by molar-refractivity contribution is -0.0414. The molecule has 1 fully saturated rings. The number of hydrogen-bond acceptors (Lipinski definition) is 9. The van der Waals surface area contributed by atoms with Gasteiger partial charge in [0.1, 0.15) is 12.2 Å². The zero-order chi connectivity index (χ0) is 31.1. The van der Waals surface area contributed by atoms with E-state index in [9.17, 15) is 15.0 Å². The number of rotatable bonds is 13. The van der Waals surface area contributed by atoms with E-state index in [0.29, 0.717) is 25.1 Å². The van der Waals surface area contributed by atoms with Gasteiger partial charge < -0.3 is 40.3 Å². The summed E-state index contributed by atoms with van der Waals surface area (Å²) in [6.07, 6.45) is -1.46. The minimum Gasteiger partial charge on any atom is -0.388 e. The molecule has 5 rings (SSSR count). The first-order valence-corrected chi connectivity index (χ1v) is 15.6. The van der Waals surface area contributed by atoms with Crippen LogP contribution in [-0.2, 0) is 28.6 Å². The van der Waals surface area contributed by atoms with Gasteiger partial charge in [0.05, 0.1) is 24.2 Å². The number of nitrogens with one attached hydrogen (secondary N) is 1. The van der Waals surface area contributed by atoms with Gasteiger partial charge in [-0.2, -0.15) is 5.10 Å². The van der Waals surface area contributed by atoms with E-state index >= 15 is 0 Å². The molecule has 0 unspecified atom stereocenters. The molecule has 234 valence electrons. The van der Waals surface area contributed by atoms with E-state index in [0.717, 1.165) is 27.6 Å². The zero-order valence-electron chi connectivity index (χ0n) is 24.1. The van der Waals surface area contributed by atoms with E-state index in [-0.39, 0.29) is 32.5 Å². The number of H-pyrrole nitrogens is 1. The van der Waals surface area contributed by atoms with Crippen LogP contribution < -0.4 is 5.73 Å². The van der Waals surface area contributed by atoms with Crippen LogP contribution >= 0.6 is 8.60 Å². The van der Waals surface area contributed by atoms with Crippen molar-refractivity contribution in [1.82, 2.24) is 20.0 Å². The topological polar surface area (TPSA) is 178 Å². The van der Waals surface area contributed by atoms with Gasteiger partial charge in [0.25, 0.3) is 0 Å². The Kier molecular flexibility index (Phi) is 10.8. The number of benzene rings is 3. The maximum absolute atomic E-state index is 14.6. The molecule has 2 amide bonds. The standard InChI is InChI=1S/C31H38N5O7P/c32-30-24-16-23(12-13-25(24)33-34-30)19-36-27(18-22-10-5-2-6-11-22)29(38)28(37)26(17-21-8-3-1-4-9-21)35(31(36)39)14-7-15-42-20-43-44(40)41/h1-6,8-13,16,26-29,37-38,40-41H,7,14-15,17-20H2,(H3,32,33,34)/t26-,27-,28+,29+/m1/s1. The molecule has 0 saturated carbocycles. The van der Waals surface area contributed by atoms with E-state index < -0.39 is 32.9 Å². The molecule has 12 nitrogen and oxygen atoms in total. The monoisotopic (exact) mass is 623 g/mol. The number of aromatic nitrogens is 2. The second kappa shape index (κ2) is 14.9. The van der Waals surface area contributed by atoms with Crippen molar-refractivity contribution in [3.63, 3.8) is 0 Å². The first-order chi connectivity index (χ1) is 21.3. The summed E-state index contributed by atoms with van der Waals surface area (Å²) in [5, 5.41) is 31.2. The van der Waals surface area contributed by atoms with Crippen LogP contribution in [0.15, 0.2) is 78.9 Å². The number of aromatic amines is 1. The highest BCUT2D eigenvalue weighted by Gasteiger charge is 2.46. The normalized spacial score (nSPS) is 20.9. The van der Waals surface area contributed by atoms with Crippen LogP contribution in [0.4, 0.5) is 10.6 Å². The second-order valence-electron chi connectivity index (χ2n) is 10.8. The van der Waals surface area contributed by atoms with Crippen molar-refractivity contribution in [2.75, 3.05) is 25.7 Å². The summed E-state index contributed by atoms with van der Waals surface area (Å²) in [4.78, 5) is 35.7. The molecule has 0 radical (unpaired) electrons. The quantitative estimate of drug-likeness (QED) is 0.0742. The van der Waals surface area contributed by atoms with Crippen LogP contribution in [0.3, 0.4) is 0 Å². The Morgan fingerprint density at radius 1 is 0.864 bits per heavy atom. The molecular formula is C31H38N5O7P. The van der Waals surface area contributed by atoms with E-state index in [1.807, 2.05) is 78.9 Å². The molecular weight excluding hydrogens is 585 g/mol. The SMILES string of the molecule is Nc1n[nH]c2ccc(CN3C(=O)N(CCCOCOP(O)O)[C@H](Cc4ccccc4)[C@H](O)[C@@H](O)[C@H]3Cc3ccccc3)cc12. The molecule has 1 aliphatic rings. The number of nitrogens with two attached hydrogens (primary N) is 1. The number of carbonyl (C=O) groups excluding carboxylic acids is 1. The number of ether oxygens (including phenoxy) is 1. The largest absolute Gasteiger partial charge is 0.388 e. The molecule has 1 aromatic heterocycles. The minimum absolute atomic E-state index is 0.163. The van der Waals surface area contributed by atoms with Crippen LogP contribution in [0.1, 0.15) is 23.1 Å². The van der Waals surface area contributed by atoms with Crippen LogP contribution in [0.2, 0.25) is 0 Å². The predicted octanol–water partition coefficient (Wildman–Crippen LogP) is 2.92. The lowest BCUT2D eigenvalue weighted by Crippen LogP contribution is -2.51. The van der Waals surface area contributed by atoms with Crippen LogP contribution in [0, 0.1) is 0 Å². The third-order valence-electron chi connectivity index (χ3n) is 7.95. The summed E-state index contributed by atoms with van der Waals surface area (Å²) in [6, 6.07) is 23.0. The fourth-order valence-corrected chi connectivity index (χ4v) is 5.92. The first kappa shape index (κ1) is 31.8. The fourth-order valence-electron chi connectivity index (χ4n) is 5.75. The van der Waals surface area contributed by atoms with Crippen molar-refractivity contribution < 1.29 is 34.1 Å². The van der Waals surface area contributed by atoms with Gasteiger partial charge in [-0.25, -0.2) is 4.79 Å². The second-order valence-corrected chi connectivity index (χ2v) is 11.6. The van der Waals surface area contributed by atoms with Gasteiger partial charge in [-0.15, -0.1) is 0 Å². The number of anilines is 1. The summed E-state index contributed by atoms with van der Waals surface area (Å²) < 4.78 is 10.0.